The minimum Gasteiger partial charge on any atom is -0.779 e. The molecule has 13 atom stereocenters. The first-order valence-corrected chi connectivity index (χ1v) is 29.0. The molecule has 0 spiro atoms. The predicted molar refractivity (Wildman–Crippen MR) is 222 cm³/mol. The second-order valence-corrected chi connectivity index (χ2v) is 27.1. The van der Waals surface area contributed by atoms with Crippen molar-refractivity contribution in [1.82, 2.24) is 39.0 Å². The highest BCUT2D eigenvalue weighted by Crippen LogP contribution is 2.72. The lowest BCUT2D eigenvalue weighted by molar-refractivity contribution is -0.221. The quantitative estimate of drug-likeness (QED) is 0.0180. The zero-order valence-corrected chi connectivity index (χ0v) is 40.7. The number of nitrogens with zero attached hydrogens (tertiary/aromatic N) is 8. The summed E-state index contributed by atoms with van der Waals surface area (Å²) in [5.41, 5.74) is 11.2. The molecule has 4 aromatic rings. The molecule has 6 rings (SSSR count). The molecule has 0 aromatic carbocycles. The van der Waals surface area contributed by atoms with E-state index in [1.54, 1.807) is 0 Å². The number of fused-ring (bicyclic) bond motifs is 2. The van der Waals surface area contributed by atoms with Gasteiger partial charge in [0.05, 0.1) is 38.7 Å². The van der Waals surface area contributed by atoms with Crippen molar-refractivity contribution in [2.75, 3.05) is 36.2 Å². The number of aromatic nitrogens is 8. The topological polar surface area (TPSA) is 396 Å². The van der Waals surface area contributed by atoms with Crippen molar-refractivity contribution in [2.45, 2.75) is 89.4 Å². The molecule has 68 heavy (non-hydrogen) atoms. The predicted octanol–water partition coefficient (Wildman–Crippen LogP) is 1.09. The number of alkyl halides is 7. The number of aliphatic hydroxyl groups is 4. The molecule has 2 fully saturated rings. The van der Waals surface area contributed by atoms with Gasteiger partial charge in [-0.25, -0.2) is 29.9 Å². The lowest BCUT2D eigenvalue weighted by Crippen LogP contribution is -2.34. The van der Waals surface area contributed by atoms with Gasteiger partial charge in [-0.3, -0.25) is 22.3 Å². The van der Waals surface area contributed by atoms with E-state index in [0.29, 0.717) is 23.5 Å². The molecule has 0 bridgehead atoms. The van der Waals surface area contributed by atoms with Crippen molar-refractivity contribution in [3.8, 4) is 0 Å². The Morgan fingerprint density at radius 2 is 1.15 bits per heavy atom. The Morgan fingerprint density at radius 1 is 0.750 bits per heavy atom. The monoisotopic (exact) mass is 1150 g/mol. The van der Waals surface area contributed by atoms with Crippen LogP contribution in [-0.2, 0) is 64.9 Å². The lowest BCUT2D eigenvalue weighted by atomic mass is 10.1. The summed E-state index contributed by atoms with van der Waals surface area (Å²) >= 11 is 15.9. The molecule has 5 unspecified atom stereocenters. The normalized spacial score (nSPS) is 27.8. The van der Waals surface area contributed by atoms with E-state index in [-0.39, 0.29) is 44.3 Å². The summed E-state index contributed by atoms with van der Waals surface area (Å²) in [4.78, 5) is 59.2. The average Bonchev–Trinajstić information content (AvgIpc) is 3.96. The fourth-order valence-electron chi connectivity index (χ4n) is 5.95. The maximum atomic E-state index is 13.0. The molecule has 2 saturated heterocycles. The van der Waals surface area contributed by atoms with E-state index in [9.17, 15) is 75.1 Å². The van der Waals surface area contributed by atoms with Crippen molar-refractivity contribution in [1.29, 1.82) is 0 Å². The molecule has 6 heterocycles. The highest BCUT2D eigenvalue weighted by Gasteiger charge is 2.47. The first-order valence-electron chi connectivity index (χ1n) is 18.3. The first-order chi connectivity index (χ1) is 31.3. The van der Waals surface area contributed by atoms with E-state index < -0.39 is 133 Å². The van der Waals surface area contributed by atoms with Crippen LogP contribution in [0.3, 0.4) is 0 Å². The second-order valence-electron chi connectivity index (χ2n) is 14.0. The Kier molecular flexibility index (Phi) is 17.3. The summed E-state index contributed by atoms with van der Waals surface area (Å²) in [6.07, 6.45) is -23.5. The van der Waals surface area contributed by atoms with E-state index >= 15 is 0 Å². The van der Waals surface area contributed by atoms with Gasteiger partial charge in [0.1, 0.15) is 54.4 Å². The smallest absolute Gasteiger partial charge is 0.389 e. The van der Waals surface area contributed by atoms with Gasteiger partial charge in [0.15, 0.2) is 65.7 Å². The largest absolute Gasteiger partial charge is 0.779 e. The number of imidazole rings is 2. The second kappa shape index (κ2) is 21.1. The number of nitrogen functional groups attached to an aromatic ring is 2. The van der Waals surface area contributed by atoms with Gasteiger partial charge in [-0.1, -0.05) is 35.3 Å². The SMILES string of the molecule is Nc1nc(SCCC(F)(F)F)nc2c1ncn2[C@@H]1O[C@H](COP(=O)([S-])OP(=O)([O-])C(Cl)P(=O)([O-])OP([O-])(=S)OC[C@H]2O[C@@H](n3cnc4c(N)nc(SCCC(F)(F)F)nc43)[C@H](O)[C@@H]2O)[C@@H](O)[C@H]1O. The van der Waals surface area contributed by atoms with Gasteiger partial charge >= 0.3 is 12.4 Å². The number of thioether (sulfide) groups is 2. The van der Waals surface area contributed by atoms with E-state index in [4.69, 9.17) is 41.6 Å². The van der Waals surface area contributed by atoms with Gasteiger partial charge in [0, 0.05) is 11.5 Å². The fraction of sp³-hybridized carbons (Fsp3) is 0.630. The van der Waals surface area contributed by atoms with E-state index in [1.165, 1.54) is 0 Å². The number of ether oxygens (including phenoxy) is 2. The number of hydrogen-bond acceptors (Lipinski definition) is 28. The standard InChI is InChI=1S/C27H35ClF6N10O16P4S4/c28-23(61(49,50)59-63(53,65)55-5-9-13(45)15(47)21(57-9)43-7-37-11-17(35)39-24(41-19(11)43)67-3-1-26(29,30)31)62(51,52)60-64(54,66)56-6-10-14(46)16(48)22(58-10)44-8-38-12-18(36)40-25(42-20(12)44)68-4-2-27(32,33)34/h7-10,13-16,21-23,45-48H,1-6H2,(H,49,50)(H,51,52)(H,53,65)(H,54,66)(H2,35,39,41)(H2,36,40,42)/p-4/t9-,10-,13-,14-,15-,16-,21-,22-,23?,63?,64?/m1/s1. The van der Waals surface area contributed by atoms with E-state index in [0.717, 1.165) is 21.8 Å². The van der Waals surface area contributed by atoms with Gasteiger partial charge in [0.25, 0.3) is 0 Å². The maximum absolute atomic E-state index is 13.0. The highest BCUT2D eigenvalue weighted by molar-refractivity contribution is 8.33. The molecule has 41 heteroatoms. The summed E-state index contributed by atoms with van der Waals surface area (Å²) < 4.78 is 146. The summed E-state index contributed by atoms with van der Waals surface area (Å²) in [5.74, 6) is -1.50. The van der Waals surface area contributed by atoms with Crippen molar-refractivity contribution in [3.63, 3.8) is 0 Å². The van der Waals surface area contributed by atoms with Gasteiger partial charge < -0.3 is 86.5 Å². The summed E-state index contributed by atoms with van der Waals surface area (Å²) in [6.45, 7) is -13.1. The Labute approximate surface area is 399 Å². The third-order valence-electron chi connectivity index (χ3n) is 9.06. The van der Waals surface area contributed by atoms with Crippen LogP contribution in [0.1, 0.15) is 25.3 Å². The third kappa shape index (κ3) is 13.5. The molecule has 0 amide bonds. The number of halogens is 7. The third-order valence-corrected chi connectivity index (χ3v) is 21.1. The molecule has 0 radical (unpaired) electrons. The minimum atomic E-state index is -6.28. The average molecular weight is 1150 g/mol. The van der Waals surface area contributed by atoms with Crippen molar-refractivity contribution in [3.05, 3.63) is 12.7 Å². The van der Waals surface area contributed by atoms with Gasteiger partial charge in [-0.05, 0) is 0 Å². The van der Waals surface area contributed by atoms with Crippen molar-refractivity contribution in [2.24, 2.45) is 0 Å². The molecule has 2 aliphatic rings. The Balaban J connectivity index is 1.04. The molecular formula is C27H31ClF6N10O16P4S4-4. The first kappa shape index (κ1) is 55.7. The summed E-state index contributed by atoms with van der Waals surface area (Å²) in [5, 5.41) is 42.4. The molecule has 4 aromatic heterocycles. The van der Waals surface area contributed by atoms with E-state index in [2.05, 4.69) is 62.6 Å². The number of rotatable bonds is 20. The van der Waals surface area contributed by atoms with Crippen LogP contribution >= 0.6 is 63.8 Å². The van der Waals surface area contributed by atoms with Crippen LogP contribution in [0, 0.1) is 0 Å². The van der Waals surface area contributed by atoms with Crippen LogP contribution in [0.2, 0.25) is 0 Å². The van der Waals surface area contributed by atoms with Crippen molar-refractivity contribution < 1.29 is 102 Å². The molecule has 0 saturated carbocycles. The number of aliphatic hydroxyl groups excluding tert-OH is 4. The maximum Gasteiger partial charge on any atom is 0.389 e. The molecule has 0 aliphatic carbocycles. The van der Waals surface area contributed by atoms with Gasteiger partial charge in [-0.15, -0.1) is 11.6 Å². The molecule has 8 N–H and O–H groups in total. The van der Waals surface area contributed by atoms with Crippen LogP contribution in [0.15, 0.2) is 23.0 Å². The van der Waals surface area contributed by atoms with Crippen LogP contribution in [-0.4, -0.2) is 138 Å². The van der Waals surface area contributed by atoms with E-state index in [1.807, 2.05) is 0 Å². The van der Waals surface area contributed by atoms with Crippen molar-refractivity contribution >= 4 is 122 Å². The number of hydrogen-bond donors (Lipinski definition) is 6. The lowest BCUT2D eigenvalue weighted by Gasteiger charge is -2.42. The highest BCUT2D eigenvalue weighted by atomic mass is 35.5. The van der Waals surface area contributed by atoms with Gasteiger partial charge in [-0.2, -0.15) is 26.3 Å². The zero-order valence-electron chi connectivity index (χ0n) is 33.1. The van der Waals surface area contributed by atoms with Crippen LogP contribution in [0.5, 0.6) is 0 Å². The molecule has 2 aliphatic heterocycles. The zero-order chi connectivity index (χ0) is 50.5. The minimum absolute atomic E-state index is 0.0842. The van der Waals surface area contributed by atoms with Crippen LogP contribution in [0.4, 0.5) is 38.0 Å². The number of nitrogens with two attached hydrogens (primary N) is 2. The Bertz CT molecular complexity index is 2510. The molecule has 26 nitrogen and oxygen atoms in total. The summed E-state index contributed by atoms with van der Waals surface area (Å²) in [6, 6.07) is 0. The molecule has 382 valence electrons. The van der Waals surface area contributed by atoms with Gasteiger partial charge in [0.2, 0.25) is 6.80 Å². The molecular weight excluding hydrogens is 1120 g/mol. The Morgan fingerprint density at radius 3 is 1.56 bits per heavy atom. The summed E-state index contributed by atoms with van der Waals surface area (Å²) in [7, 11) is -12.6. The van der Waals surface area contributed by atoms with Crippen LogP contribution in [0.25, 0.3) is 22.3 Å². The number of anilines is 2. The fourth-order valence-corrected chi connectivity index (χ4v) is 16.3. The Hall–Kier alpha value is -1.56. The van der Waals surface area contributed by atoms with Crippen LogP contribution < -0.4 is 26.1 Å².